The summed E-state index contributed by atoms with van der Waals surface area (Å²) in [6.07, 6.45) is 1.16. The van der Waals surface area contributed by atoms with E-state index < -0.39 is 0 Å². The second kappa shape index (κ2) is 7.38. The predicted octanol–water partition coefficient (Wildman–Crippen LogP) is 3.66. The Bertz CT molecular complexity index is 363. The Labute approximate surface area is 108 Å². The van der Waals surface area contributed by atoms with Crippen LogP contribution in [0.5, 0.6) is 5.75 Å². The first kappa shape index (κ1) is 14.1. The first-order valence-corrected chi connectivity index (χ1v) is 7.08. The summed E-state index contributed by atoms with van der Waals surface area (Å²) in [5.41, 5.74) is 0.687. The van der Waals surface area contributed by atoms with Gasteiger partial charge in [-0.15, -0.1) is 0 Å². The number of ketones is 1. The van der Waals surface area contributed by atoms with Crippen molar-refractivity contribution in [3.8, 4) is 5.75 Å². The lowest BCUT2D eigenvalue weighted by atomic mass is 10.1. The molecular weight excluding hydrogens is 232 g/mol. The zero-order valence-electron chi connectivity index (χ0n) is 10.7. The first-order chi connectivity index (χ1) is 8.19. The van der Waals surface area contributed by atoms with Crippen LogP contribution in [0.1, 0.15) is 30.6 Å². The predicted molar refractivity (Wildman–Crippen MR) is 74.1 cm³/mol. The van der Waals surface area contributed by atoms with Gasteiger partial charge < -0.3 is 4.74 Å². The summed E-state index contributed by atoms with van der Waals surface area (Å²) in [5.74, 6) is 3.06. The molecule has 0 saturated carbocycles. The summed E-state index contributed by atoms with van der Waals surface area (Å²) >= 11 is 1.70. The van der Waals surface area contributed by atoms with E-state index in [1.807, 2.05) is 24.3 Å². The third-order valence-corrected chi connectivity index (χ3v) is 4.01. The molecule has 0 aliphatic rings. The molecule has 0 amide bonds. The van der Waals surface area contributed by atoms with E-state index in [0.29, 0.717) is 23.0 Å². The van der Waals surface area contributed by atoms with E-state index in [1.165, 1.54) is 0 Å². The second-order valence-corrected chi connectivity index (χ2v) is 5.18. The monoisotopic (exact) mass is 252 g/mol. The zero-order chi connectivity index (χ0) is 12.7. The molecule has 0 spiro atoms. The summed E-state index contributed by atoms with van der Waals surface area (Å²) in [6.45, 7) is 4.38. The van der Waals surface area contributed by atoms with Crippen LogP contribution >= 0.6 is 11.8 Å². The van der Waals surface area contributed by atoms with Gasteiger partial charge >= 0.3 is 0 Å². The van der Waals surface area contributed by atoms with Crippen LogP contribution in [0.25, 0.3) is 0 Å². The SMILES string of the molecule is CCC(C)CSCC(=O)c1ccccc1OC. The number of Topliss-reactive ketones (excluding diaryl/α,β-unsaturated/α-hetero) is 1. The normalized spacial score (nSPS) is 12.2. The van der Waals surface area contributed by atoms with Crippen molar-refractivity contribution in [2.24, 2.45) is 5.92 Å². The number of thioether (sulfide) groups is 1. The summed E-state index contributed by atoms with van der Waals surface area (Å²) in [6, 6.07) is 7.40. The number of ether oxygens (including phenoxy) is 1. The standard InChI is InChI=1S/C14H20O2S/c1-4-11(2)9-17-10-13(15)12-7-5-6-8-14(12)16-3/h5-8,11H,4,9-10H2,1-3H3. The highest BCUT2D eigenvalue weighted by molar-refractivity contribution is 7.99. The molecule has 1 atom stereocenters. The Balaban J connectivity index is 2.52. The van der Waals surface area contributed by atoms with Crippen molar-refractivity contribution in [3.05, 3.63) is 29.8 Å². The van der Waals surface area contributed by atoms with Crippen LogP contribution in [0.2, 0.25) is 0 Å². The van der Waals surface area contributed by atoms with Crippen LogP contribution in [0.15, 0.2) is 24.3 Å². The summed E-state index contributed by atoms with van der Waals surface area (Å²) in [4.78, 5) is 12.0. The number of carbonyl (C=O) groups is 1. The molecule has 1 rings (SSSR count). The van der Waals surface area contributed by atoms with Crippen molar-refractivity contribution >= 4 is 17.5 Å². The third kappa shape index (κ3) is 4.43. The molecule has 0 aromatic heterocycles. The Morgan fingerprint density at radius 2 is 2.12 bits per heavy atom. The van der Waals surface area contributed by atoms with Crippen molar-refractivity contribution in [1.82, 2.24) is 0 Å². The molecule has 2 nitrogen and oxygen atoms in total. The lowest BCUT2D eigenvalue weighted by Gasteiger charge is -2.09. The van der Waals surface area contributed by atoms with Crippen molar-refractivity contribution in [2.75, 3.05) is 18.6 Å². The van der Waals surface area contributed by atoms with Crippen molar-refractivity contribution < 1.29 is 9.53 Å². The molecule has 0 N–H and O–H groups in total. The maximum Gasteiger partial charge on any atom is 0.176 e. The van der Waals surface area contributed by atoms with Gasteiger partial charge in [0.25, 0.3) is 0 Å². The fourth-order valence-electron chi connectivity index (χ4n) is 1.42. The molecule has 0 bridgehead atoms. The average molecular weight is 252 g/mol. The van der Waals surface area contributed by atoms with Crippen LogP contribution < -0.4 is 4.74 Å². The quantitative estimate of drug-likeness (QED) is 0.693. The molecule has 0 aliphatic heterocycles. The lowest BCUT2D eigenvalue weighted by molar-refractivity contribution is 0.101. The number of hydrogen-bond donors (Lipinski definition) is 0. The van der Waals surface area contributed by atoms with Crippen LogP contribution in [-0.2, 0) is 0 Å². The van der Waals surface area contributed by atoms with E-state index in [-0.39, 0.29) is 5.78 Å². The topological polar surface area (TPSA) is 26.3 Å². The van der Waals surface area contributed by atoms with Gasteiger partial charge in [0.05, 0.1) is 18.4 Å². The van der Waals surface area contributed by atoms with Crippen molar-refractivity contribution in [1.29, 1.82) is 0 Å². The smallest absolute Gasteiger partial charge is 0.176 e. The van der Waals surface area contributed by atoms with E-state index in [1.54, 1.807) is 18.9 Å². The van der Waals surface area contributed by atoms with Gasteiger partial charge in [0, 0.05) is 0 Å². The molecule has 3 heteroatoms. The molecule has 0 saturated heterocycles. The molecule has 0 fully saturated rings. The molecule has 1 aromatic rings. The van der Waals surface area contributed by atoms with Crippen LogP contribution in [0.4, 0.5) is 0 Å². The molecular formula is C14H20O2S. The van der Waals surface area contributed by atoms with Gasteiger partial charge in [0.2, 0.25) is 0 Å². The van der Waals surface area contributed by atoms with Gasteiger partial charge in [-0.2, -0.15) is 11.8 Å². The maximum atomic E-state index is 12.0. The van der Waals surface area contributed by atoms with Crippen LogP contribution in [-0.4, -0.2) is 24.4 Å². The number of para-hydroxylation sites is 1. The van der Waals surface area contributed by atoms with E-state index in [2.05, 4.69) is 13.8 Å². The Morgan fingerprint density at radius 1 is 1.41 bits per heavy atom. The highest BCUT2D eigenvalue weighted by Crippen LogP contribution is 2.20. The van der Waals surface area contributed by atoms with Gasteiger partial charge in [-0.25, -0.2) is 0 Å². The molecule has 1 aromatic carbocycles. The largest absolute Gasteiger partial charge is 0.496 e. The van der Waals surface area contributed by atoms with Gasteiger partial charge in [-0.3, -0.25) is 4.79 Å². The number of benzene rings is 1. The van der Waals surface area contributed by atoms with E-state index in [4.69, 9.17) is 4.74 Å². The molecule has 0 heterocycles. The highest BCUT2D eigenvalue weighted by atomic mass is 32.2. The Morgan fingerprint density at radius 3 is 2.76 bits per heavy atom. The average Bonchev–Trinajstić information content (AvgIpc) is 2.38. The maximum absolute atomic E-state index is 12.0. The Kier molecular flexibility index (Phi) is 6.12. The van der Waals surface area contributed by atoms with Crippen molar-refractivity contribution in [2.45, 2.75) is 20.3 Å². The molecule has 1 unspecified atom stereocenters. The number of hydrogen-bond acceptors (Lipinski definition) is 3. The summed E-state index contributed by atoms with van der Waals surface area (Å²) in [7, 11) is 1.60. The minimum Gasteiger partial charge on any atom is -0.496 e. The highest BCUT2D eigenvalue weighted by Gasteiger charge is 2.11. The van der Waals surface area contributed by atoms with Crippen molar-refractivity contribution in [3.63, 3.8) is 0 Å². The minimum atomic E-state index is 0.149. The first-order valence-electron chi connectivity index (χ1n) is 5.93. The number of carbonyl (C=O) groups excluding carboxylic acids is 1. The number of methoxy groups -OCH3 is 1. The Hall–Kier alpha value is -0.960. The van der Waals surface area contributed by atoms with Gasteiger partial charge in [-0.05, 0) is 23.8 Å². The van der Waals surface area contributed by atoms with E-state index >= 15 is 0 Å². The molecule has 0 aliphatic carbocycles. The molecule has 94 valence electrons. The van der Waals surface area contributed by atoms with Crippen LogP contribution in [0, 0.1) is 5.92 Å². The second-order valence-electron chi connectivity index (χ2n) is 4.15. The summed E-state index contributed by atoms with van der Waals surface area (Å²) < 4.78 is 5.18. The third-order valence-electron chi connectivity index (χ3n) is 2.74. The fourth-order valence-corrected chi connectivity index (χ4v) is 2.52. The van der Waals surface area contributed by atoms with Gasteiger partial charge in [-0.1, -0.05) is 32.4 Å². The zero-order valence-corrected chi connectivity index (χ0v) is 11.5. The van der Waals surface area contributed by atoms with E-state index in [0.717, 1.165) is 12.2 Å². The van der Waals surface area contributed by atoms with Gasteiger partial charge in [0.15, 0.2) is 5.78 Å². The number of rotatable bonds is 7. The van der Waals surface area contributed by atoms with Gasteiger partial charge in [0.1, 0.15) is 5.75 Å². The van der Waals surface area contributed by atoms with E-state index in [9.17, 15) is 4.79 Å². The summed E-state index contributed by atoms with van der Waals surface area (Å²) in [5, 5.41) is 0. The molecule has 0 radical (unpaired) electrons. The molecule has 17 heavy (non-hydrogen) atoms. The fraction of sp³-hybridized carbons (Fsp3) is 0.500. The van der Waals surface area contributed by atoms with Crippen LogP contribution in [0.3, 0.4) is 0 Å². The minimum absolute atomic E-state index is 0.149. The lowest BCUT2D eigenvalue weighted by Crippen LogP contribution is -2.07.